The molecule has 0 aromatic heterocycles. The molecule has 0 saturated heterocycles. The maximum Gasteiger partial charge on any atom is 0.173 e. The lowest BCUT2D eigenvalue weighted by molar-refractivity contribution is 0.318. The summed E-state index contributed by atoms with van der Waals surface area (Å²) < 4.78 is 5.79. The molecule has 3 N–H and O–H groups in total. The van der Waals surface area contributed by atoms with Crippen LogP contribution in [0.1, 0.15) is 11.1 Å². The van der Waals surface area contributed by atoms with E-state index in [4.69, 9.17) is 38.9 Å². The number of oxime groups is 1. The van der Waals surface area contributed by atoms with Crippen molar-refractivity contribution in [2.75, 3.05) is 0 Å². The number of nitrogens with two attached hydrogens (primary N) is 1. The molecule has 0 aliphatic heterocycles. The SMILES string of the molecule is Cc1cccc(/C(N)=N/O)c1Oc1cc(Cl)ccc1Cl. The Hall–Kier alpha value is -1.91. The summed E-state index contributed by atoms with van der Waals surface area (Å²) in [6.07, 6.45) is 0. The van der Waals surface area contributed by atoms with Crippen molar-refractivity contribution in [1.29, 1.82) is 0 Å². The molecule has 0 spiro atoms. The van der Waals surface area contributed by atoms with Gasteiger partial charge in [0.05, 0.1) is 10.6 Å². The van der Waals surface area contributed by atoms with Gasteiger partial charge in [0, 0.05) is 11.1 Å². The highest BCUT2D eigenvalue weighted by atomic mass is 35.5. The van der Waals surface area contributed by atoms with Gasteiger partial charge in [-0.15, -0.1) is 0 Å². The zero-order valence-electron chi connectivity index (χ0n) is 10.6. The van der Waals surface area contributed by atoms with E-state index in [0.29, 0.717) is 27.1 Å². The number of amidine groups is 1. The molecule has 2 rings (SSSR count). The van der Waals surface area contributed by atoms with Gasteiger partial charge in [-0.3, -0.25) is 0 Å². The smallest absolute Gasteiger partial charge is 0.173 e. The topological polar surface area (TPSA) is 67.8 Å². The molecule has 0 aliphatic carbocycles. The Balaban J connectivity index is 2.50. The molecule has 20 heavy (non-hydrogen) atoms. The van der Waals surface area contributed by atoms with Crippen LogP contribution in [-0.4, -0.2) is 11.0 Å². The lowest BCUT2D eigenvalue weighted by Crippen LogP contribution is -2.14. The minimum absolute atomic E-state index is 0.0400. The van der Waals surface area contributed by atoms with Gasteiger partial charge in [-0.05, 0) is 30.7 Å². The molecular weight excluding hydrogens is 299 g/mol. The summed E-state index contributed by atoms with van der Waals surface area (Å²) in [5.41, 5.74) is 6.95. The van der Waals surface area contributed by atoms with Crippen LogP contribution in [0.25, 0.3) is 0 Å². The largest absolute Gasteiger partial charge is 0.455 e. The highest BCUT2D eigenvalue weighted by Crippen LogP contribution is 2.35. The van der Waals surface area contributed by atoms with Gasteiger partial charge in [0.25, 0.3) is 0 Å². The summed E-state index contributed by atoms with van der Waals surface area (Å²) >= 11 is 12.0. The first-order valence-corrected chi connectivity index (χ1v) is 6.49. The van der Waals surface area contributed by atoms with E-state index >= 15 is 0 Å². The van der Waals surface area contributed by atoms with Crippen molar-refractivity contribution in [3.05, 3.63) is 57.6 Å². The first-order chi connectivity index (χ1) is 9.52. The number of ether oxygens (including phenoxy) is 1. The maximum atomic E-state index is 8.83. The van der Waals surface area contributed by atoms with Gasteiger partial charge < -0.3 is 15.7 Å². The fourth-order valence-corrected chi connectivity index (χ4v) is 2.03. The lowest BCUT2D eigenvalue weighted by atomic mass is 10.1. The number of nitrogens with zero attached hydrogens (tertiary/aromatic N) is 1. The third-order valence-electron chi connectivity index (χ3n) is 2.70. The van der Waals surface area contributed by atoms with E-state index in [1.54, 1.807) is 30.3 Å². The Kier molecular flexibility index (Phi) is 4.37. The van der Waals surface area contributed by atoms with Gasteiger partial charge >= 0.3 is 0 Å². The van der Waals surface area contributed by atoms with Gasteiger partial charge in [-0.1, -0.05) is 40.5 Å². The average Bonchev–Trinajstić information content (AvgIpc) is 2.44. The normalized spacial score (nSPS) is 11.4. The van der Waals surface area contributed by atoms with Crippen LogP contribution < -0.4 is 10.5 Å². The standard InChI is InChI=1S/C14H12Cl2N2O2/c1-8-3-2-4-10(14(17)18-19)13(8)20-12-7-9(15)5-6-11(12)16/h2-7,19H,1H3,(H2,17,18). The van der Waals surface area contributed by atoms with E-state index < -0.39 is 0 Å². The number of hydrogen-bond donors (Lipinski definition) is 2. The molecule has 2 aromatic carbocycles. The van der Waals surface area contributed by atoms with E-state index in [2.05, 4.69) is 5.16 Å². The van der Waals surface area contributed by atoms with Crippen molar-refractivity contribution < 1.29 is 9.94 Å². The Morgan fingerprint density at radius 2 is 2.00 bits per heavy atom. The first-order valence-electron chi connectivity index (χ1n) is 5.73. The zero-order chi connectivity index (χ0) is 14.7. The third-order valence-corrected chi connectivity index (χ3v) is 3.25. The minimum atomic E-state index is -0.0400. The lowest BCUT2D eigenvalue weighted by Gasteiger charge is -2.14. The van der Waals surface area contributed by atoms with Crippen LogP contribution in [0.3, 0.4) is 0 Å². The van der Waals surface area contributed by atoms with E-state index in [1.807, 2.05) is 13.0 Å². The van der Waals surface area contributed by atoms with Crippen LogP contribution in [0.15, 0.2) is 41.6 Å². The quantitative estimate of drug-likeness (QED) is 0.386. The van der Waals surface area contributed by atoms with Crippen LogP contribution in [-0.2, 0) is 0 Å². The first kappa shape index (κ1) is 14.5. The predicted molar refractivity (Wildman–Crippen MR) is 80.2 cm³/mol. The summed E-state index contributed by atoms with van der Waals surface area (Å²) in [4.78, 5) is 0. The molecule has 0 heterocycles. The minimum Gasteiger partial charge on any atom is -0.455 e. The Morgan fingerprint density at radius 1 is 1.25 bits per heavy atom. The second kappa shape index (κ2) is 6.03. The van der Waals surface area contributed by atoms with Gasteiger partial charge in [0.2, 0.25) is 0 Å². The number of hydrogen-bond acceptors (Lipinski definition) is 3. The van der Waals surface area contributed by atoms with E-state index in [9.17, 15) is 0 Å². The predicted octanol–water partition coefficient (Wildman–Crippen LogP) is 4.19. The molecule has 0 radical (unpaired) electrons. The van der Waals surface area contributed by atoms with Crippen LogP contribution in [0.5, 0.6) is 11.5 Å². The monoisotopic (exact) mass is 310 g/mol. The number of halogens is 2. The molecule has 6 heteroatoms. The third kappa shape index (κ3) is 2.98. The number of rotatable bonds is 3. The van der Waals surface area contributed by atoms with Gasteiger partial charge in [0.15, 0.2) is 5.84 Å². The number of benzene rings is 2. The van der Waals surface area contributed by atoms with Crippen molar-refractivity contribution in [3.8, 4) is 11.5 Å². The fourth-order valence-electron chi connectivity index (χ4n) is 1.71. The van der Waals surface area contributed by atoms with E-state index in [0.717, 1.165) is 5.56 Å². The molecule has 0 amide bonds. The van der Waals surface area contributed by atoms with Gasteiger partial charge in [-0.25, -0.2) is 0 Å². The molecular formula is C14H12Cl2N2O2. The highest BCUT2D eigenvalue weighted by molar-refractivity contribution is 6.34. The Labute approximate surface area is 126 Å². The molecule has 0 bridgehead atoms. The molecule has 104 valence electrons. The van der Waals surface area contributed by atoms with E-state index in [1.165, 1.54) is 0 Å². The summed E-state index contributed by atoms with van der Waals surface area (Å²) in [6.45, 7) is 1.85. The summed E-state index contributed by atoms with van der Waals surface area (Å²) in [5.74, 6) is 0.828. The van der Waals surface area contributed by atoms with Gasteiger partial charge in [-0.2, -0.15) is 0 Å². The molecule has 0 aliphatic rings. The van der Waals surface area contributed by atoms with Crippen molar-refractivity contribution in [3.63, 3.8) is 0 Å². The molecule has 2 aromatic rings. The summed E-state index contributed by atoms with van der Waals surface area (Å²) in [5, 5.41) is 12.7. The van der Waals surface area contributed by atoms with Gasteiger partial charge in [0.1, 0.15) is 11.5 Å². The Bertz CT molecular complexity index is 672. The van der Waals surface area contributed by atoms with Crippen LogP contribution in [0.4, 0.5) is 0 Å². The summed E-state index contributed by atoms with van der Waals surface area (Å²) in [7, 11) is 0. The average molecular weight is 311 g/mol. The molecule has 0 fully saturated rings. The van der Waals surface area contributed by atoms with Crippen molar-refractivity contribution >= 4 is 29.0 Å². The van der Waals surface area contributed by atoms with Crippen LogP contribution >= 0.6 is 23.2 Å². The number of aryl methyl sites for hydroxylation is 1. The zero-order valence-corrected chi connectivity index (χ0v) is 12.1. The summed E-state index contributed by atoms with van der Waals surface area (Å²) in [6, 6.07) is 10.2. The Morgan fingerprint density at radius 3 is 2.70 bits per heavy atom. The second-order valence-corrected chi connectivity index (χ2v) is 4.96. The highest BCUT2D eigenvalue weighted by Gasteiger charge is 2.13. The number of para-hydroxylation sites is 1. The molecule has 4 nitrogen and oxygen atoms in total. The van der Waals surface area contributed by atoms with Crippen molar-refractivity contribution in [1.82, 2.24) is 0 Å². The molecule has 0 saturated carbocycles. The fraction of sp³-hybridized carbons (Fsp3) is 0.0714. The van der Waals surface area contributed by atoms with Crippen molar-refractivity contribution in [2.24, 2.45) is 10.9 Å². The molecule has 0 atom stereocenters. The second-order valence-electron chi connectivity index (χ2n) is 4.11. The van der Waals surface area contributed by atoms with Crippen LogP contribution in [0, 0.1) is 6.92 Å². The van der Waals surface area contributed by atoms with Crippen molar-refractivity contribution in [2.45, 2.75) is 6.92 Å². The molecule has 0 unspecified atom stereocenters. The van der Waals surface area contributed by atoms with Crippen LogP contribution in [0.2, 0.25) is 10.0 Å². The van der Waals surface area contributed by atoms with E-state index in [-0.39, 0.29) is 5.84 Å². The maximum absolute atomic E-state index is 8.83.